The number of likely N-dealkylation sites (tertiary alicyclic amines) is 1. The van der Waals surface area contributed by atoms with E-state index in [9.17, 15) is 0 Å². The number of aromatic nitrogens is 1. The lowest BCUT2D eigenvalue weighted by Crippen LogP contribution is -2.41. The fourth-order valence-corrected chi connectivity index (χ4v) is 2.43. The molecule has 90 valence electrons. The zero-order valence-corrected chi connectivity index (χ0v) is 10.7. The standard InChI is InChI=1S/C13H23N3/c1-4-15-9-7-13(8-10-15)14-16-11(2)5-6-12(16)3/h5-6,13-14H,4,7-10H2,1-3H3. The fraction of sp³-hybridized carbons (Fsp3) is 0.692. The summed E-state index contributed by atoms with van der Waals surface area (Å²) in [6.45, 7) is 10.2. The molecule has 1 aliphatic heterocycles. The summed E-state index contributed by atoms with van der Waals surface area (Å²) in [7, 11) is 0. The molecule has 3 nitrogen and oxygen atoms in total. The van der Waals surface area contributed by atoms with Crippen LogP contribution in [0.2, 0.25) is 0 Å². The molecule has 0 unspecified atom stereocenters. The molecule has 1 aliphatic rings. The van der Waals surface area contributed by atoms with Crippen molar-refractivity contribution in [2.24, 2.45) is 0 Å². The van der Waals surface area contributed by atoms with E-state index in [-0.39, 0.29) is 0 Å². The minimum atomic E-state index is 0.632. The third kappa shape index (κ3) is 2.40. The van der Waals surface area contributed by atoms with Crippen LogP contribution in [0.3, 0.4) is 0 Å². The van der Waals surface area contributed by atoms with E-state index in [2.05, 4.69) is 47.9 Å². The van der Waals surface area contributed by atoms with Crippen molar-refractivity contribution in [1.29, 1.82) is 0 Å². The molecule has 1 aromatic heterocycles. The monoisotopic (exact) mass is 221 g/mol. The summed E-state index contributed by atoms with van der Waals surface area (Å²) in [5, 5.41) is 0. The van der Waals surface area contributed by atoms with Crippen LogP contribution >= 0.6 is 0 Å². The molecular weight excluding hydrogens is 198 g/mol. The minimum Gasteiger partial charge on any atom is -0.323 e. The maximum Gasteiger partial charge on any atom is 0.0448 e. The van der Waals surface area contributed by atoms with Crippen LogP contribution in [-0.4, -0.2) is 35.3 Å². The molecule has 16 heavy (non-hydrogen) atoms. The topological polar surface area (TPSA) is 20.2 Å². The minimum absolute atomic E-state index is 0.632. The molecule has 0 radical (unpaired) electrons. The summed E-state index contributed by atoms with van der Waals surface area (Å²) in [6, 6.07) is 4.97. The largest absolute Gasteiger partial charge is 0.323 e. The van der Waals surface area contributed by atoms with Crippen LogP contribution in [-0.2, 0) is 0 Å². The molecular formula is C13H23N3. The Hall–Kier alpha value is -0.960. The number of hydrogen-bond donors (Lipinski definition) is 1. The van der Waals surface area contributed by atoms with E-state index >= 15 is 0 Å². The maximum atomic E-state index is 3.63. The molecule has 1 fully saturated rings. The first kappa shape index (κ1) is 11.5. The Kier molecular flexibility index (Phi) is 3.54. The predicted octanol–water partition coefficient (Wildman–Crippen LogP) is 2.13. The number of nitrogens with zero attached hydrogens (tertiary/aromatic N) is 2. The number of piperidine rings is 1. The molecule has 0 spiro atoms. The second-order valence-corrected chi connectivity index (χ2v) is 4.79. The first-order valence-corrected chi connectivity index (χ1v) is 6.34. The highest BCUT2D eigenvalue weighted by Crippen LogP contribution is 2.13. The first-order valence-electron chi connectivity index (χ1n) is 6.34. The van der Waals surface area contributed by atoms with Crippen molar-refractivity contribution < 1.29 is 0 Å². The van der Waals surface area contributed by atoms with Crippen molar-refractivity contribution in [2.75, 3.05) is 25.1 Å². The highest BCUT2D eigenvalue weighted by molar-refractivity contribution is 5.16. The van der Waals surface area contributed by atoms with Gasteiger partial charge in [0, 0.05) is 30.5 Å². The van der Waals surface area contributed by atoms with Crippen LogP contribution in [0.1, 0.15) is 31.2 Å². The second-order valence-electron chi connectivity index (χ2n) is 4.79. The third-order valence-electron chi connectivity index (χ3n) is 3.62. The summed E-state index contributed by atoms with van der Waals surface area (Å²) in [5.41, 5.74) is 6.23. The molecule has 0 amide bonds. The molecule has 0 atom stereocenters. The van der Waals surface area contributed by atoms with Crippen molar-refractivity contribution >= 4 is 0 Å². The van der Waals surface area contributed by atoms with Crippen LogP contribution in [0.15, 0.2) is 12.1 Å². The van der Waals surface area contributed by atoms with E-state index < -0.39 is 0 Å². The van der Waals surface area contributed by atoms with Gasteiger partial charge in [-0.1, -0.05) is 6.92 Å². The van der Waals surface area contributed by atoms with Gasteiger partial charge in [0.25, 0.3) is 0 Å². The van der Waals surface area contributed by atoms with Gasteiger partial charge in [0.05, 0.1) is 0 Å². The van der Waals surface area contributed by atoms with Crippen LogP contribution in [0.25, 0.3) is 0 Å². The second kappa shape index (κ2) is 4.91. The van der Waals surface area contributed by atoms with E-state index in [1.165, 1.54) is 43.9 Å². The summed E-state index contributed by atoms with van der Waals surface area (Å²) in [5.74, 6) is 0. The van der Waals surface area contributed by atoms with Gasteiger partial charge >= 0.3 is 0 Å². The lowest BCUT2D eigenvalue weighted by atomic mass is 10.1. The van der Waals surface area contributed by atoms with Crippen LogP contribution in [0.4, 0.5) is 0 Å². The summed E-state index contributed by atoms with van der Waals surface area (Å²) >= 11 is 0. The van der Waals surface area contributed by atoms with E-state index in [0.717, 1.165) is 0 Å². The zero-order valence-electron chi connectivity index (χ0n) is 10.7. The first-order chi connectivity index (χ1) is 7.70. The highest BCUT2D eigenvalue weighted by atomic mass is 15.4. The van der Waals surface area contributed by atoms with Crippen molar-refractivity contribution in [1.82, 2.24) is 9.58 Å². The Bertz CT molecular complexity index is 315. The van der Waals surface area contributed by atoms with Crippen LogP contribution < -0.4 is 5.43 Å². The number of hydrogen-bond acceptors (Lipinski definition) is 2. The quantitative estimate of drug-likeness (QED) is 0.844. The van der Waals surface area contributed by atoms with E-state index in [4.69, 9.17) is 0 Å². The SMILES string of the molecule is CCN1CCC(Nn2c(C)ccc2C)CC1. The Morgan fingerprint density at radius 1 is 1.19 bits per heavy atom. The van der Waals surface area contributed by atoms with Gasteiger partial charge in [0.15, 0.2) is 0 Å². The third-order valence-corrected chi connectivity index (χ3v) is 3.62. The molecule has 0 aromatic carbocycles. The van der Waals surface area contributed by atoms with Crippen molar-refractivity contribution in [3.63, 3.8) is 0 Å². The number of rotatable bonds is 3. The Morgan fingerprint density at radius 3 is 2.25 bits per heavy atom. The summed E-state index contributed by atoms with van der Waals surface area (Å²) in [4.78, 5) is 2.52. The Labute approximate surface area is 98.4 Å². The van der Waals surface area contributed by atoms with E-state index in [1.807, 2.05) is 0 Å². The van der Waals surface area contributed by atoms with Gasteiger partial charge in [-0.2, -0.15) is 0 Å². The van der Waals surface area contributed by atoms with Gasteiger partial charge < -0.3 is 10.3 Å². The highest BCUT2D eigenvalue weighted by Gasteiger charge is 2.18. The molecule has 1 N–H and O–H groups in total. The lowest BCUT2D eigenvalue weighted by Gasteiger charge is -2.32. The van der Waals surface area contributed by atoms with Gasteiger partial charge in [-0.05, 0) is 45.4 Å². The number of aryl methyl sites for hydroxylation is 2. The molecule has 0 aliphatic carbocycles. The predicted molar refractivity (Wildman–Crippen MR) is 68.4 cm³/mol. The normalized spacial score (nSPS) is 18.9. The van der Waals surface area contributed by atoms with Gasteiger partial charge in [0.1, 0.15) is 0 Å². The maximum absolute atomic E-state index is 3.63. The zero-order chi connectivity index (χ0) is 11.5. The fourth-order valence-electron chi connectivity index (χ4n) is 2.43. The molecule has 1 aromatic rings. The summed E-state index contributed by atoms with van der Waals surface area (Å²) in [6.07, 6.45) is 2.51. The van der Waals surface area contributed by atoms with E-state index in [1.54, 1.807) is 0 Å². The van der Waals surface area contributed by atoms with Gasteiger partial charge in [-0.25, -0.2) is 0 Å². The average molecular weight is 221 g/mol. The molecule has 1 saturated heterocycles. The van der Waals surface area contributed by atoms with Gasteiger partial charge in [-0.3, -0.25) is 4.68 Å². The summed E-state index contributed by atoms with van der Waals surface area (Å²) < 4.78 is 2.23. The molecule has 2 rings (SSSR count). The van der Waals surface area contributed by atoms with Crippen molar-refractivity contribution in [3.05, 3.63) is 23.5 Å². The average Bonchev–Trinajstić information content (AvgIpc) is 2.62. The van der Waals surface area contributed by atoms with Crippen molar-refractivity contribution in [2.45, 2.75) is 39.7 Å². The molecule has 3 heteroatoms. The smallest absolute Gasteiger partial charge is 0.0448 e. The lowest BCUT2D eigenvalue weighted by molar-refractivity contribution is 0.224. The Morgan fingerprint density at radius 2 is 1.75 bits per heavy atom. The molecule has 0 bridgehead atoms. The van der Waals surface area contributed by atoms with Crippen LogP contribution in [0, 0.1) is 13.8 Å². The number of nitrogens with one attached hydrogen (secondary N) is 1. The van der Waals surface area contributed by atoms with Gasteiger partial charge in [0.2, 0.25) is 0 Å². The molecule has 2 heterocycles. The van der Waals surface area contributed by atoms with E-state index in [0.29, 0.717) is 6.04 Å². The Balaban J connectivity index is 1.92. The van der Waals surface area contributed by atoms with Crippen molar-refractivity contribution in [3.8, 4) is 0 Å². The molecule has 0 saturated carbocycles. The van der Waals surface area contributed by atoms with Crippen LogP contribution in [0.5, 0.6) is 0 Å². The van der Waals surface area contributed by atoms with Gasteiger partial charge in [-0.15, -0.1) is 0 Å².